The molecule has 0 aliphatic carbocycles. The number of anilines is 1. The van der Waals surface area contributed by atoms with Gasteiger partial charge in [0.25, 0.3) is 5.91 Å². The Kier molecular flexibility index (Phi) is 6.90. The fourth-order valence-electron chi connectivity index (χ4n) is 3.26. The zero-order valence-electron chi connectivity index (χ0n) is 15.5. The van der Waals surface area contributed by atoms with Gasteiger partial charge in [0.1, 0.15) is 10.9 Å². The number of aromatic nitrogens is 1. The molecule has 2 aromatic rings. The molecule has 1 N–H and O–H groups in total. The van der Waals surface area contributed by atoms with Crippen LogP contribution in [0, 0.1) is 0 Å². The van der Waals surface area contributed by atoms with Crippen molar-refractivity contribution in [1.82, 2.24) is 15.2 Å². The lowest BCUT2D eigenvalue weighted by molar-refractivity contribution is 0.0951. The summed E-state index contributed by atoms with van der Waals surface area (Å²) in [4.78, 5) is 20.8. The number of rotatable bonds is 7. The molecule has 3 rings (SSSR count). The highest BCUT2D eigenvalue weighted by Gasteiger charge is 2.19. The van der Waals surface area contributed by atoms with E-state index in [1.807, 2.05) is 18.2 Å². The Hall–Kier alpha value is -2.31. The molecular weight excluding hydrogens is 364 g/mol. The largest absolute Gasteiger partial charge is 0.495 e. The van der Waals surface area contributed by atoms with Crippen molar-refractivity contribution < 1.29 is 9.53 Å². The van der Waals surface area contributed by atoms with Crippen LogP contribution < -0.4 is 15.0 Å². The molecule has 0 spiro atoms. The number of carbonyl (C=O) groups is 1. The first-order chi connectivity index (χ1) is 13.2. The highest BCUT2D eigenvalue weighted by molar-refractivity contribution is 6.32. The molecule has 0 radical (unpaired) electrons. The molecule has 0 saturated carbocycles. The number of piperazine rings is 1. The van der Waals surface area contributed by atoms with Gasteiger partial charge in [0.15, 0.2) is 0 Å². The summed E-state index contributed by atoms with van der Waals surface area (Å²) in [7, 11) is 1.71. The van der Waals surface area contributed by atoms with Gasteiger partial charge in [-0.05, 0) is 37.2 Å². The van der Waals surface area contributed by atoms with Crippen molar-refractivity contribution in [1.29, 1.82) is 0 Å². The zero-order valence-corrected chi connectivity index (χ0v) is 16.3. The third kappa shape index (κ3) is 5.11. The van der Waals surface area contributed by atoms with Gasteiger partial charge in [0, 0.05) is 38.9 Å². The van der Waals surface area contributed by atoms with E-state index in [2.05, 4.69) is 26.2 Å². The minimum absolute atomic E-state index is 0.172. The van der Waals surface area contributed by atoms with Crippen LogP contribution in [-0.4, -0.2) is 62.2 Å². The quantitative estimate of drug-likeness (QED) is 0.583. The number of halogens is 1. The fraction of sp³-hybridized carbons (Fsp3) is 0.400. The number of para-hydroxylation sites is 2. The molecule has 1 fully saturated rings. The zero-order chi connectivity index (χ0) is 19.1. The van der Waals surface area contributed by atoms with E-state index in [-0.39, 0.29) is 11.1 Å². The summed E-state index contributed by atoms with van der Waals surface area (Å²) >= 11 is 5.95. The average molecular weight is 389 g/mol. The molecule has 27 heavy (non-hydrogen) atoms. The number of benzene rings is 1. The summed E-state index contributed by atoms with van der Waals surface area (Å²) in [5.41, 5.74) is 1.57. The van der Waals surface area contributed by atoms with Crippen LogP contribution in [0.3, 0.4) is 0 Å². The van der Waals surface area contributed by atoms with Crippen molar-refractivity contribution in [3.8, 4) is 5.75 Å². The molecule has 1 amide bonds. The normalized spacial score (nSPS) is 14.8. The number of nitrogens with one attached hydrogen (secondary N) is 1. The van der Waals surface area contributed by atoms with E-state index in [0.29, 0.717) is 12.1 Å². The molecule has 1 saturated heterocycles. The second kappa shape index (κ2) is 9.58. The highest BCUT2D eigenvalue weighted by atomic mass is 35.5. The molecule has 1 aromatic heterocycles. The fourth-order valence-corrected chi connectivity index (χ4v) is 3.46. The van der Waals surface area contributed by atoms with E-state index in [1.165, 1.54) is 0 Å². The monoisotopic (exact) mass is 388 g/mol. The molecule has 1 aromatic carbocycles. The smallest absolute Gasteiger partial charge is 0.254 e. The summed E-state index contributed by atoms with van der Waals surface area (Å²) in [6, 6.07) is 11.5. The Bertz CT molecular complexity index is 763. The van der Waals surface area contributed by atoms with E-state index in [4.69, 9.17) is 16.3 Å². The number of nitrogens with zero attached hydrogens (tertiary/aromatic N) is 3. The van der Waals surface area contributed by atoms with Crippen molar-refractivity contribution in [3.63, 3.8) is 0 Å². The van der Waals surface area contributed by atoms with Crippen molar-refractivity contribution in [3.05, 3.63) is 53.3 Å². The van der Waals surface area contributed by atoms with Gasteiger partial charge in [0.2, 0.25) is 0 Å². The second-order valence-electron chi connectivity index (χ2n) is 6.45. The number of hydrogen-bond donors (Lipinski definition) is 1. The molecule has 1 aliphatic heterocycles. The average Bonchev–Trinajstić information content (AvgIpc) is 2.72. The molecule has 7 heteroatoms. The van der Waals surface area contributed by atoms with Crippen molar-refractivity contribution in [2.24, 2.45) is 0 Å². The van der Waals surface area contributed by atoms with Gasteiger partial charge >= 0.3 is 0 Å². The van der Waals surface area contributed by atoms with E-state index >= 15 is 0 Å². The molecule has 0 unspecified atom stereocenters. The van der Waals surface area contributed by atoms with Gasteiger partial charge in [-0.1, -0.05) is 23.7 Å². The maximum absolute atomic E-state index is 12.1. The van der Waals surface area contributed by atoms with Crippen LogP contribution in [0.1, 0.15) is 16.8 Å². The molecule has 0 bridgehead atoms. The minimum atomic E-state index is -0.172. The van der Waals surface area contributed by atoms with E-state index in [1.54, 1.807) is 25.4 Å². The number of ether oxygens (including phenoxy) is 1. The maximum Gasteiger partial charge on any atom is 0.254 e. The predicted molar refractivity (Wildman–Crippen MR) is 108 cm³/mol. The maximum atomic E-state index is 12.1. The van der Waals surface area contributed by atoms with Crippen molar-refractivity contribution in [2.45, 2.75) is 6.42 Å². The Morgan fingerprint density at radius 3 is 2.70 bits per heavy atom. The summed E-state index contributed by atoms with van der Waals surface area (Å²) in [6.07, 6.45) is 2.47. The van der Waals surface area contributed by atoms with Crippen LogP contribution in [0.5, 0.6) is 5.75 Å². The van der Waals surface area contributed by atoms with E-state index in [0.717, 1.165) is 50.6 Å². The predicted octanol–water partition coefficient (Wildman–Crippen LogP) is 2.69. The topological polar surface area (TPSA) is 57.7 Å². The number of hydrogen-bond acceptors (Lipinski definition) is 5. The lowest BCUT2D eigenvalue weighted by Gasteiger charge is -2.36. The van der Waals surface area contributed by atoms with Gasteiger partial charge in [-0.25, -0.2) is 4.98 Å². The van der Waals surface area contributed by atoms with Crippen molar-refractivity contribution >= 4 is 23.2 Å². The van der Waals surface area contributed by atoms with Crippen LogP contribution in [0.25, 0.3) is 0 Å². The lowest BCUT2D eigenvalue weighted by Crippen LogP contribution is -2.47. The number of amides is 1. The van der Waals surface area contributed by atoms with E-state index < -0.39 is 0 Å². The summed E-state index contributed by atoms with van der Waals surface area (Å²) < 4.78 is 5.46. The first kappa shape index (κ1) is 19.5. The second-order valence-corrected chi connectivity index (χ2v) is 6.81. The Balaban J connectivity index is 1.39. The first-order valence-electron chi connectivity index (χ1n) is 9.18. The van der Waals surface area contributed by atoms with Gasteiger partial charge in [0.05, 0.1) is 18.4 Å². The van der Waals surface area contributed by atoms with Crippen LogP contribution >= 0.6 is 11.6 Å². The summed E-state index contributed by atoms with van der Waals surface area (Å²) in [5.74, 6) is 0.747. The Morgan fingerprint density at radius 2 is 1.96 bits per heavy atom. The lowest BCUT2D eigenvalue weighted by atomic mass is 10.2. The number of pyridine rings is 1. The van der Waals surface area contributed by atoms with Gasteiger partial charge in [-0.15, -0.1) is 0 Å². The number of methoxy groups -OCH3 is 1. The molecule has 6 nitrogen and oxygen atoms in total. The van der Waals surface area contributed by atoms with Gasteiger partial charge < -0.3 is 15.0 Å². The first-order valence-corrected chi connectivity index (χ1v) is 9.56. The SMILES string of the molecule is COc1ccccc1N1CCN(CCCNC(=O)c2cccnc2Cl)CC1. The van der Waals surface area contributed by atoms with Crippen LogP contribution in [-0.2, 0) is 0 Å². The highest BCUT2D eigenvalue weighted by Crippen LogP contribution is 2.28. The molecule has 1 aliphatic rings. The molecule has 144 valence electrons. The Labute approximate surface area is 165 Å². The standard InChI is InChI=1S/C20H25ClN4O2/c1-27-18-8-3-2-7-17(18)25-14-12-24(13-15-25)11-5-10-23-20(26)16-6-4-9-22-19(16)21/h2-4,6-9H,5,10-15H2,1H3,(H,23,26). The molecule has 2 heterocycles. The van der Waals surface area contributed by atoms with Crippen LogP contribution in [0.4, 0.5) is 5.69 Å². The number of carbonyl (C=O) groups excluding carboxylic acids is 1. The van der Waals surface area contributed by atoms with Gasteiger partial charge in [-0.3, -0.25) is 9.69 Å². The molecule has 0 atom stereocenters. The van der Waals surface area contributed by atoms with Gasteiger partial charge in [-0.2, -0.15) is 0 Å². The summed E-state index contributed by atoms with van der Waals surface area (Å²) in [6.45, 7) is 5.52. The molecular formula is C20H25ClN4O2. The van der Waals surface area contributed by atoms with E-state index in [9.17, 15) is 4.79 Å². The summed E-state index contributed by atoms with van der Waals surface area (Å²) in [5, 5.41) is 3.15. The Morgan fingerprint density at radius 1 is 1.19 bits per heavy atom. The van der Waals surface area contributed by atoms with Crippen LogP contribution in [0.15, 0.2) is 42.6 Å². The minimum Gasteiger partial charge on any atom is -0.495 e. The van der Waals surface area contributed by atoms with Crippen LogP contribution in [0.2, 0.25) is 5.15 Å². The third-order valence-electron chi connectivity index (χ3n) is 4.74. The third-order valence-corrected chi connectivity index (χ3v) is 5.04. The van der Waals surface area contributed by atoms with Crippen molar-refractivity contribution in [2.75, 3.05) is 51.3 Å².